The SMILES string of the molecule is Cc1cccc(CNc2cccc(Cl)c2)c1. The van der Waals surface area contributed by atoms with E-state index in [1.165, 1.54) is 11.1 Å². The van der Waals surface area contributed by atoms with Gasteiger partial charge in [0.05, 0.1) is 0 Å². The zero-order valence-electron chi connectivity index (χ0n) is 9.20. The Morgan fingerprint density at radius 3 is 2.62 bits per heavy atom. The molecular weight excluding hydrogens is 218 g/mol. The summed E-state index contributed by atoms with van der Waals surface area (Å²) in [6.45, 7) is 2.92. The summed E-state index contributed by atoms with van der Waals surface area (Å²) in [6, 6.07) is 16.2. The van der Waals surface area contributed by atoms with E-state index in [0.29, 0.717) is 0 Å². The average molecular weight is 232 g/mol. The molecule has 0 saturated heterocycles. The standard InChI is InChI=1S/C14H14ClN/c1-11-4-2-5-12(8-11)10-16-14-7-3-6-13(15)9-14/h2-9,16H,10H2,1H3. The lowest BCUT2D eigenvalue weighted by atomic mass is 10.1. The van der Waals surface area contributed by atoms with E-state index in [4.69, 9.17) is 11.6 Å². The van der Waals surface area contributed by atoms with Crippen LogP contribution in [0, 0.1) is 6.92 Å². The monoisotopic (exact) mass is 231 g/mol. The number of aryl methyl sites for hydroxylation is 1. The Hall–Kier alpha value is -1.47. The van der Waals surface area contributed by atoms with Crippen LogP contribution in [0.25, 0.3) is 0 Å². The molecule has 1 N–H and O–H groups in total. The number of halogens is 1. The molecule has 0 unspecified atom stereocenters. The molecule has 2 heteroatoms. The summed E-state index contributed by atoms with van der Waals surface area (Å²) in [5.41, 5.74) is 3.61. The maximum Gasteiger partial charge on any atom is 0.0426 e. The summed E-state index contributed by atoms with van der Waals surface area (Å²) in [6.07, 6.45) is 0. The quantitative estimate of drug-likeness (QED) is 0.832. The van der Waals surface area contributed by atoms with Gasteiger partial charge in [-0.2, -0.15) is 0 Å². The molecule has 0 saturated carbocycles. The number of nitrogens with one attached hydrogen (secondary N) is 1. The van der Waals surface area contributed by atoms with Crippen LogP contribution in [0.3, 0.4) is 0 Å². The van der Waals surface area contributed by atoms with Crippen LogP contribution >= 0.6 is 11.6 Å². The molecular formula is C14H14ClN. The van der Waals surface area contributed by atoms with Gasteiger partial charge in [-0.15, -0.1) is 0 Å². The molecule has 0 atom stereocenters. The van der Waals surface area contributed by atoms with Crippen LogP contribution in [0.4, 0.5) is 5.69 Å². The Kier molecular flexibility index (Phi) is 3.47. The molecule has 0 spiro atoms. The number of hydrogen-bond donors (Lipinski definition) is 1. The van der Waals surface area contributed by atoms with Gasteiger partial charge in [-0.05, 0) is 30.7 Å². The summed E-state index contributed by atoms with van der Waals surface area (Å²) >= 11 is 5.91. The van der Waals surface area contributed by atoms with Crippen LogP contribution in [-0.4, -0.2) is 0 Å². The fourth-order valence-corrected chi connectivity index (χ4v) is 1.81. The Balaban J connectivity index is 2.02. The molecule has 1 nitrogen and oxygen atoms in total. The van der Waals surface area contributed by atoms with E-state index >= 15 is 0 Å². The van der Waals surface area contributed by atoms with Gasteiger partial charge in [-0.3, -0.25) is 0 Å². The van der Waals surface area contributed by atoms with Crippen molar-refractivity contribution in [1.29, 1.82) is 0 Å². The molecule has 0 aliphatic heterocycles. The third-order valence-corrected chi connectivity index (χ3v) is 2.64. The van der Waals surface area contributed by atoms with Crippen molar-refractivity contribution >= 4 is 17.3 Å². The van der Waals surface area contributed by atoms with Gasteiger partial charge < -0.3 is 5.32 Å². The summed E-state index contributed by atoms with van der Waals surface area (Å²) in [7, 11) is 0. The van der Waals surface area contributed by atoms with Gasteiger partial charge in [-0.1, -0.05) is 47.5 Å². The van der Waals surface area contributed by atoms with E-state index in [1.807, 2.05) is 24.3 Å². The third kappa shape index (κ3) is 3.01. The van der Waals surface area contributed by atoms with Crippen molar-refractivity contribution in [2.75, 3.05) is 5.32 Å². The van der Waals surface area contributed by atoms with Crippen LogP contribution in [0.15, 0.2) is 48.5 Å². The van der Waals surface area contributed by atoms with E-state index in [0.717, 1.165) is 17.3 Å². The van der Waals surface area contributed by atoms with Crippen LogP contribution in [0.1, 0.15) is 11.1 Å². The topological polar surface area (TPSA) is 12.0 Å². The van der Waals surface area contributed by atoms with E-state index in [1.54, 1.807) is 0 Å². The first kappa shape index (κ1) is 11.0. The summed E-state index contributed by atoms with van der Waals surface area (Å²) in [5, 5.41) is 4.10. The van der Waals surface area contributed by atoms with Crippen molar-refractivity contribution in [3.8, 4) is 0 Å². The highest BCUT2D eigenvalue weighted by Gasteiger charge is 1.95. The zero-order valence-corrected chi connectivity index (χ0v) is 9.96. The molecule has 0 aliphatic rings. The lowest BCUT2D eigenvalue weighted by molar-refractivity contribution is 1.14. The lowest BCUT2D eigenvalue weighted by Gasteiger charge is -2.07. The maximum atomic E-state index is 5.91. The van der Waals surface area contributed by atoms with Crippen LogP contribution < -0.4 is 5.32 Å². The van der Waals surface area contributed by atoms with Crippen LogP contribution in [0.5, 0.6) is 0 Å². The van der Waals surface area contributed by atoms with Gasteiger partial charge in [0.15, 0.2) is 0 Å². The molecule has 2 aromatic carbocycles. The van der Waals surface area contributed by atoms with Gasteiger partial charge >= 0.3 is 0 Å². The molecule has 2 aromatic rings. The van der Waals surface area contributed by atoms with E-state index < -0.39 is 0 Å². The predicted molar refractivity (Wildman–Crippen MR) is 70.0 cm³/mol. The Morgan fingerprint density at radius 1 is 1.06 bits per heavy atom. The van der Waals surface area contributed by atoms with E-state index in [-0.39, 0.29) is 0 Å². The number of rotatable bonds is 3. The highest BCUT2D eigenvalue weighted by molar-refractivity contribution is 6.30. The van der Waals surface area contributed by atoms with Crippen molar-refractivity contribution < 1.29 is 0 Å². The fraction of sp³-hybridized carbons (Fsp3) is 0.143. The minimum Gasteiger partial charge on any atom is -0.381 e. The van der Waals surface area contributed by atoms with Crippen LogP contribution in [0.2, 0.25) is 5.02 Å². The zero-order chi connectivity index (χ0) is 11.4. The average Bonchev–Trinajstić information content (AvgIpc) is 2.27. The van der Waals surface area contributed by atoms with Crippen molar-refractivity contribution in [2.45, 2.75) is 13.5 Å². The number of hydrogen-bond acceptors (Lipinski definition) is 1. The fourth-order valence-electron chi connectivity index (χ4n) is 1.62. The van der Waals surface area contributed by atoms with Gasteiger partial charge in [0.1, 0.15) is 0 Å². The van der Waals surface area contributed by atoms with Gasteiger partial charge in [-0.25, -0.2) is 0 Å². The Bertz CT molecular complexity index is 434. The molecule has 0 fully saturated rings. The molecule has 0 radical (unpaired) electrons. The lowest BCUT2D eigenvalue weighted by Crippen LogP contribution is -1.99. The molecule has 0 aliphatic carbocycles. The molecule has 16 heavy (non-hydrogen) atoms. The highest BCUT2D eigenvalue weighted by Crippen LogP contribution is 2.16. The molecule has 0 heterocycles. The minimum absolute atomic E-state index is 0.759. The summed E-state index contributed by atoms with van der Waals surface area (Å²) < 4.78 is 0. The first-order valence-electron chi connectivity index (χ1n) is 5.29. The molecule has 0 aromatic heterocycles. The number of anilines is 1. The van der Waals surface area contributed by atoms with Crippen molar-refractivity contribution in [1.82, 2.24) is 0 Å². The Labute approximate surface area is 101 Å². The first-order chi connectivity index (χ1) is 7.74. The molecule has 2 rings (SSSR count). The summed E-state index contributed by atoms with van der Waals surface area (Å²) in [4.78, 5) is 0. The summed E-state index contributed by atoms with van der Waals surface area (Å²) in [5.74, 6) is 0. The van der Waals surface area contributed by atoms with Gasteiger partial charge in [0.25, 0.3) is 0 Å². The van der Waals surface area contributed by atoms with Crippen LogP contribution in [-0.2, 0) is 6.54 Å². The van der Waals surface area contributed by atoms with Crippen molar-refractivity contribution in [3.63, 3.8) is 0 Å². The molecule has 0 amide bonds. The third-order valence-electron chi connectivity index (χ3n) is 2.40. The predicted octanol–water partition coefficient (Wildman–Crippen LogP) is 4.26. The number of benzene rings is 2. The molecule has 82 valence electrons. The maximum absolute atomic E-state index is 5.91. The second-order valence-corrected chi connectivity index (χ2v) is 4.29. The van der Waals surface area contributed by atoms with Crippen molar-refractivity contribution in [2.24, 2.45) is 0 Å². The van der Waals surface area contributed by atoms with Gasteiger partial charge in [0.2, 0.25) is 0 Å². The van der Waals surface area contributed by atoms with E-state index in [9.17, 15) is 0 Å². The Morgan fingerprint density at radius 2 is 1.88 bits per heavy atom. The van der Waals surface area contributed by atoms with Gasteiger partial charge in [0, 0.05) is 17.3 Å². The first-order valence-corrected chi connectivity index (χ1v) is 5.67. The normalized spacial score (nSPS) is 10.1. The second kappa shape index (κ2) is 5.04. The second-order valence-electron chi connectivity index (χ2n) is 3.85. The van der Waals surface area contributed by atoms with E-state index in [2.05, 4.69) is 36.5 Å². The largest absolute Gasteiger partial charge is 0.381 e. The highest BCUT2D eigenvalue weighted by atomic mass is 35.5. The molecule has 0 bridgehead atoms. The minimum atomic E-state index is 0.759. The smallest absolute Gasteiger partial charge is 0.0426 e. The van der Waals surface area contributed by atoms with Crippen molar-refractivity contribution in [3.05, 3.63) is 64.7 Å².